The van der Waals surface area contributed by atoms with Gasteiger partial charge in [-0.1, -0.05) is 78.9 Å². The highest BCUT2D eigenvalue weighted by atomic mass is 16.5. The largest absolute Gasteiger partial charge is 0.478 e. The highest BCUT2D eigenvalue weighted by Crippen LogP contribution is 2.23. The zero-order chi connectivity index (χ0) is 27.8. The van der Waals surface area contributed by atoms with E-state index in [4.69, 9.17) is 9.84 Å². The average molecular weight is 526 g/mol. The summed E-state index contributed by atoms with van der Waals surface area (Å²) >= 11 is 0. The molecule has 0 bridgehead atoms. The molecule has 0 aliphatic heterocycles. The first-order valence-electron chi connectivity index (χ1n) is 13.6. The van der Waals surface area contributed by atoms with Gasteiger partial charge in [-0.15, -0.1) is 0 Å². The summed E-state index contributed by atoms with van der Waals surface area (Å²) in [6.07, 6.45) is 1.71. The van der Waals surface area contributed by atoms with Gasteiger partial charge in [0.25, 0.3) is 0 Å². The second-order valence-electron chi connectivity index (χ2n) is 11.0. The fourth-order valence-electron chi connectivity index (χ4n) is 4.97. The first kappa shape index (κ1) is 28.5. The molecule has 204 valence electrons. The molecule has 0 aromatic heterocycles. The number of rotatable bonds is 13. The maximum atomic E-state index is 11.1. The lowest BCUT2D eigenvalue weighted by Gasteiger charge is -2.28. The number of fused-ring (bicyclic) bond motifs is 1. The van der Waals surface area contributed by atoms with Crippen LogP contribution in [0.5, 0.6) is 0 Å². The van der Waals surface area contributed by atoms with Crippen LogP contribution < -0.4 is 5.32 Å². The minimum absolute atomic E-state index is 0.157. The van der Waals surface area contributed by atoms with Gasteiger partial charge < -0.3 is 20.3 Å². The SMILES string of the molecule is CC(OC[C@H](O)CNC(C)(C)Cc1ccc2ccccc2c1)c1ccccc1CCc1ccc(C(=O)O)cc1. The predicted octanol–water partition coefficient (Wildman–Crippen LogP) is 6.37. The van der Waals surface area contributed by atoms with Crippen LogP contribution in [-0.2, 0) is 24.0 Å². The van der Waals surface area contributed by atoms with Gasteiger partial charge in [0.15, 0.2) is 0 Å². The second kappa shape index (κ2) is 13.0. The molecular formula is C34H39NO4. The molecule has 0 heterocycles. The summed E-state index contributed by atoms with van der Waals surface area (Å²) in [6.45, 7) is 7.02. The van der Waals surface area contributed by atoms with Crippen LogP contribution >= 0.6 is 0 Å². The summed E-state index contributed by atoms with van der Waals surface area (Å²) in [7, 11) is 0. The Labute approximate surface area is 231 Å². The Hall–Kier alpha value is -3.51. The van der Waals surface area contributed by atoms with E-state index in [1.54, 1.807) is 12.1 Å². The number of aliphatic hydroxyl groups is 1. The van der Waals surface area contributed by atoms with Gasteiger partial charge in [0.05, 0.1) is 24.4 Å². The van der Waals surface area contributed by atoms with E-state index in [9.17, 15) is 9.90 Å². The number of aryl methyl sites for hydroxylation is 2. The van der Waals surface area contributed by atoms with E-state index in [1.807, 2.05) is 31.2 Å². The maximum Gasteiger partial charge on any atom is 0.335 e. The molecule has 0 aliphatic carbocycles. The summed E-state index contributed by atoms with van der Waals surface area (Å²) in [5, 5.41) is 25.8. The number of hydrogen-bond acceptors (Lipinski definition) is 4. The van der Waals surface area contributed by atoms with Crippen LogP contribution in [0.4, 0.5) is 0 Å². The Bertz CT molecular complexity index is 1380. The number of benzene rings is 4. The van der Waals surface area contributed by atoms with Crippen molar-refractivity contribution in [3.8, 4) is 0 Å². The molecule has 0 amide bonds. The summed E-state index contributed by atoms with van der Waals surface area (Å²) in [5.74, 6) is -0.913. The number of carbonyl (C=O) groups is 1. The zero-order valence-electron chi connectivity index (χ0n) is 23.1. The molecule has 0 fully saturated rings. The van der Waals surface area contributed by atoms with Crippen LogP contribution in [0.15, 0.2) is 91.0 Å². The molecule has 4 rings (SSSR count). The molecule has 4 aromatic rings. The van der Waals surface area contributed by atoms with Gasteiger partial charge in [-0.3, -0.25) is 0 Å². The van der Waals surface area contributed by atoms with Crippen LogP contribution in [0.1, 0.15) is 59.5 Å². The fraction of sp³-hybridized carbons (Fsp3) is 0.324. The lowest BCUT2D eigenvalue weighted by atomic mass is 9.93. The van der Waals surface area contributed by atoms with E-state index in [0.29, 0.717) is 12.1 Å². The van der Waals surface area contributed by atoms with Gasteiger partial charge in [-0.05, 0) is 85.2 Å². The molecule has 0 aliphatic rings. The standard InChI is InChI=1S/C34H39NO4/c1-24(32-11-7-6-9-28(32)17-12-25-13-18-29(19-14-25)33(37)38)39-23-31(36)22-35-34(2,3)21-26-15-16-27-8-4-5-10-30(27)20-26/h4-11,13-16,18-20,24,31,35-36H,12,17,21-23H2,1-3H3,(H,37,38)/t24?,31-/m1/s1. The summed E-state index contributed by atoms with van der Waals surface area (Å²) in [4.78, 5) is 11.1. The minimum atomic E-state index is -0.913. The molecule has 5 nitrogen and oxygen atoms in total. The number of ether oxygens (including phenoxy) is 1. The molecule has 39 heavy (non-hydrogen) atoms. The molecule has 0 saturated heterocycles. The molecule has 1 unspecified atom stereocenters. The third-order valence-corrected chi connectivity index (χ3v) is 7.19. The van der Waals surface area contributed by atoms with E-state index >= 15 is 0 Å². The number of carboxylic acids is 1. The van der Waals surface area contributed by atoms with Crippen molar-refractivity contribution in [2.75, 3.05) is 13.2 Å². The third kappa shape index (κ3) is 8.24. The van der Waals surface area contributed by atoms with Crippen molar-refractivity contribution in [1.29, 1.82) is 0 Å². The summed E-state index contributed by atoms with van der Waals surface area (Å²) < 4.78 is 6.10. The molecule has 3 N–H and O–H groups in total. The van der Waals surface area contributed by atoms with Crippen LogP contribution in [0.2, 0.25) is 0 Å². The van der Waals surface area contributed by atoms with Crippen LogP contribution in [0.25, 0.3) is 10.8 Å². The molecule has 5 heteroatoms. The van der Waals surface area contributed by atoms with Crippen molar-refractivity contribution in [1.82, 2.24) is 5.32 Å². The Morgan fingerprint density at radius 1 is 0.872 bits per heavy atom. The topological polar surface area (TPSA) is 78.8 Å². The smallest absolute Gasteiger partial charge is 0.335 e. The van der Waals surface area contributed by atoms with Crippen molar-refractivity contribution in [2.24, 2.45) is 0 Å². The van der Waals surface area contributed by atoms with Crippen LogP contribution in [0, 0.1) is 0 Å². The number of hydrogen-bond donors (Lipinski definition) is 3. The quantitative estimate of drug-likeness (QED) is 0.189. The number of β-amino-alcohol motifs (C(OH)–C–C–N with tert-alkyl or cyclic N) is 1. The molecule has 2 atom stereocenters. The Kier molecular flexibility index (Phi) is 9.52. The normalized spacial score (nSPS) is 13.3. The van der Waals surface area contributed by atoms with Crippen molar-refractivity contribution >= 4 is 16.7 Å². The van der Waals surface area contributed by atoms with Crippen LogP contribution in [-0.4, -0.2) is 41.0 Å². The van der Waals surface area contributed by atoms with Gasteiger partial charge >= 0.3 is 5.97 Å². The lowest BCUT2D eigenvalue weighted by molar-refractivity contribution is -0.00448. The summed E-state index contributed by atoms with van der Waals surface area (Å²) in [6, 6.07) is 30.2. The number of aromatic carboxylic acids is 1. The third-order valence-electron chi connectivity index (χ3n) is 7.19. The van der Waals surface area contributed by atoms with Gasteiger partial charge in [-0.25, -0.2) is 4.79 Å². The monoisotopic (exact) mass is 525 g/mol. The lowest BCUT2D eigenvalue weighted by Crippen LogP contribution is -2.46. The number of aliphatic hydroxyl groups excluding tert-OH is 1. The Balaban J connectivity index is 1.26. The molecule has 0 saturated carbocycles. The number of nitrogens with one attached hydrogen (secondary N) is 1. The molecule has 0 radical (unpaired) electrons. The maximum absolute atomic E-state index is 11.1. The predicted molar refractivity (Wildman–Crippen MR) is 157 cm³/mol. The van der Waals surface area contributed by atoms with E-state index in [1.165, 1.54) is 21.9 Å². The first-order valence-corrected chi connectivity index (χ1v) is 13.6. The van der Waals surface area contributed by atoms with Gasteiger partial charge in [0.2, 0.25) is 0 Å². The van der Waals surface area contributed by atoms with E-state index in [2.05, 4.69) is 73.8 Å². The van der Waals surface area contributed by atoms with E-state index in [0.717, 1.165) is 30.4 Å². The minimum Gasteiger partial charge on any atom is -0.478 e. The van der Waals surface area contributed by atoms with Gasteiger partial charge in [0.1, 0.15) is 0 Å². The van der Waals surface area contributed by atoms with Gasteiger partial charge in [-0.2, -0.15) is 0 Å². The Morgan fingerprint density at radius 3 is 2.28 bits per heavy atom. The van der Waals surface area contributed by atoms with Crippen molar-refractivity contribution in [3.05, 3.63) is 119 Å². The van der Waals surface area contributed by atoms with Gasteiger partial charge in [0, 0.05) is 12.1 Å². The first-order chi connectivity index (χ1) is 18.7. The fourth-order valence-corrected chi connectivity index (χ4v) is 4.97. The average Bonchev–Trinajstić information content (AvgIpc) is 2.94. The van der Waals surface area contributed by atoms with E-state index < -0.39 is 12.1 Å². The van der Waals surface area contributed by atoms with Crippen LogP contribution in [0.3, 0.4) is 0 Å². The van der Waals surface area contributed by atoms with Crippen molar-refractivity contribution < 1.29 is 19.7 Å². The molecular weight excluding hydrogens is 486 g/mol. The number of carboxylic acid groups (broad SMARTS) is 1. The highest BCUT2D eigenvalue weighted by Gasteiger charge is 2.20. The van der Waals surface area contributed by atoms with Crippen molar-refractivity contribution in [2.45, 2.75) is 57.8 Å². The molecule has 0 spiro atoms. The zero-order valence-corrected chi connectivity index (χ0v) is 23.1. The Morgan fingerprint density at radius 2 is 1.54 bits per heavy atom. The van der Waals surface area contributed by atoms with E-state index in [-0.39, 0.29) is 18.2 Å². The highest BCUT2D eigenvalue weighted by molar-refractivity contribution is 5.87. The second-order valence-corrected chi connectivity index (χ2v) is 11.0. The molecule has 4 aromatic carbocycles. The summed E-state index contributed by atoms with van der Waals surface area (Å²) in [5.41, 5.74) is 4.78. The van der Waals surface area contributed by atoms with Crippen molar-refractivity contribution in [3.63, 3.8) is 0 Å².